The van der Waals surface area contributed by atoms with Gasteiger partial charge in [0.1, 0.15) is 5.75 Å². The topological polar surface area (TPSA) is 64.3 Å². The second-order valence-corrected chi connectivity index (χ2v) is 5.17. The zero-order valence-electron chi connectivity index (χ0n) is 10.7. The molecule has 0 saturated heterocycles. The molecule has 0 aliphatic heterocycles. The highest BCUT2D eigenvalue weighted by molar-refractivity contribution is 9.10. The van der Waals surface area contributed by atoms with Gasteiger partial charge in [-0.3, -0.25) is 4.79 Å². The molecule has 0 aliphatic carbocycles. The zero-order chi connectivity index (χ0) is 13.5. The first kappa shape index (κ1) is 15.0. The number of nitrogens with one attached hydrogen (secondary N) is 1. The van der Waals surface area contributed by atoms with Gasteiger partial charge in [-0.05, 0) is 60.4 Å². The molecule has 1 rings (SSSR count). The second kappa shape index (κ2) is 7.38. The third-order valence-corrected chi connectivity index (χ3v) is 2.86. The summed E-state index contributed by atoms with van der Waals surface area (Å²) in [6.07, 6.45) is 0.826. The van der Waals surface area contributed by atoms with Gasteiger partial charge in [0, 0.05) is 6.04 Å². The number of hydrogen-bond acceptors (Lipinski definition) is 3. The highest BCUT2D eigenvalue weighted by Gasteiger charge is 2.07. The Morgan fingerprint density at radius 3 is 2.78 bits per heavy atom. The van der Waals surface area contributed by atoms with E-state index in [1.54, 1.807) is 0 Å². The first-order chi connectivity index (χ1) is 8.52. The van der Waals surface area contributed by atoms with Gasteiger partial charge in [0.2, 0.25) is 0 Å². The first-order valence-corrected chi connectivity index (χ1v) is 6.73. The van der Waals surface area contributed by atoms with Crippen LogP contribution in [0.15, 0.2) is 22.7 Å². The molecule has 0 bridgehead atoms. The molecule has 0 unspecified atom stereocenters. The minimum atomic E-state index is -0.122. The number of carbonyl (C=O) groups excluding carboxylic acids is 1. The molecule has 1 aromatic rings. The van der Waals surface area contributed by atoms with Crippen LogP contribution >= 0.6 is 15.9 Å². The highest BCUT2D eigenvalue weighted by atomic mass is 79.9. The third-order valence-electron chi connectivity index (χ3n) is 2.24. The van der Waals surface area contributed by atoms with E-state index >= 15 is 0 Å². The summed E-state index contributed by atoms with van der Waals surface area (Å²) in [5, 5.41) is 2.77. The van der Waals surface area contributed by atoms with E-state index in [-0.39, 0.29) is 18.6 Å². The number of rotatable bonds is 6. The Bertz CT molecular complexity index is 408. The van der Waals surface area contributed by atoms with Crippen molar-refractivity contribution in [3.8, 4) is 5.75 Å². The number of benzene rings is 1. The normalized spacial score (nSPS) is 10.5. The van der Waals surface area contributed by atoms with Crippen LogP contribution in [0.4, 0.5) is 0 Å². The molecule has 0 aliphatic rings. The monoisotopic (exact) mass is 314 g/mol. The van der Waals surface area contributed by atoms with E-state index < -0.39 is 0 Å². The largest absolute Gasteiger partial charge is 0.483 e. The number of hydrogen-bond donors (Lipinski definition) is 2. The minimum Gasteiger partial charge on any atom is -0.483 e. The van der Waals surface area contributed by atoms with Gasteiger partial charge in [-0.2, -0.15) is 0 Å². The molecule has 100 valence electrons. The quantitative estimate of drug-likeness (QED) is 0.842. The van der Waals surface area contributed by atoms with E-state index in [0.717, 1.165) is 16.5 Å². The molecule has 0 aromatic heterocycles. The van der Waals surface area contributed by atoms with Crippen LogP contribution in [-0.2, 0) is 11.2 Å². The lowest BCUT2D eigenvalue weighted by Crippen LogP contribution is -2.34. The van der Waals surface area contributed by atoms with Crippen molar-refractivity contribution in [1.82, 2.24) is 5.32 Å². The van der Waals surface area contributed by atoms with Gasteiger partial charge < -0.3 is 15.8 Å². The van der Waals surface area contributed by atoms with Gasteiger partial charge in [0.05, 0.1) is 4.47 Å². The fourth-order valence-corrected chi connectivity index (χ4v) is 2.03. The van der Waals surface area contributed by atoms with Gasteiger partial charge in [0.15, 0.2) is 6.61 Å². The SMILES string of the molecule is CC(C)NC(=O)COc1ccc(CCN)cc1Br. The summed E-state index contributed by atoms with van der Waals surface area (Å²) in [6, 6.07) is 5.88. The van der Waals surface area contributed by atoms with Crippen molar-refractivity contribution in [3.63, 3.8) is 0 Å². The van der Waals surface area contributed by atoms with Gasteiger partial charge >= 0.3 is 0 Å². The number of carbonyl (C=O) groups is 1. The molecule has 1 amide bonds. The zero-order valence-corrected chi connectivity index (χ0v) is 12.3. The van der Waals surface area contributed by atoms with Crippen LogP contribution < -0.4 is 15.8 Å². The number of halogens is 1. The molecule has 0 radical (unpaired) electrons. The Kier molecular flexibility index (Phi) is 6.15. The van der Waals surface area contributed by atoms with Crippen LogP contribution in [0.1, 0.15) is 19.4 Å². The number of amides is 1. The molecule has 0 heterocycles. The molecule has 0 atom stereocenters. The maximum Gasteiger partial charge on any atom is 0.258 e. The van der Waals surface area contributed by atoms with E-state index in [1.165, 1.54) is 0 Å². The summed E-state index contributed by atoms with van der Waals surface area (Å²) in [5.41, 5.74) is 6.64. The molecule has 0 spiro atoms. The molecule has 0 fully saturated rings. The lowest BCUT2D eigenvalue weighted by atomic mass is 10.1. The molecular weight excluding hydrogens is 296 g/mol. The van der Waals surface area contributed by atoms with Crippen molar-refractivity contribution in [2.24, 2.45) is 5.73 Å². The second-order valence-electron chi connectivity index (χ2n) is 4.31. The summed E-state index contributed by atoms with van der Waals surface area (Å²) < 4.78 is 6.28. The van der Waals surface area contributed by atoms with Crippen LogP contribution in [0.5, 0.6) is 5.75 Å². The average Bonchev–Trinajstić information content (AvgIpc) is 2.27. The van der Waals surface area contributed by atoms with Crippen molar-refractivity contribution >= 4 is 21.8 Å². The lowest BCUT2D eigenvalue weighted by Gasteiger charge is -2.11. The van der Waals surface area contributed by atoms with Crippen LogP contribution in [0.2, 0.25) is 0 Å². The van der Waals surface area contributed by atoms with Gasteiger partial charge in [-0.15, -0.1) is 0 Å². The Balaban J connectivity index is 2.55. The van der Waals surface area contributed by atoms with E-state index in [1.807, 2.05) is 32.0 Å². The number of nitrogens with two attached hydrogens (primary N) is 1. The molecule has 5 heteroatoms. The van der Waals surface area contributed by atoms with Crippen LogP contribution in [0.25, 0.3) is 0 Å². The first-order valence-electron chi connectivity index (χ1n) is 5.93. The lowest BCUT2D eigenvalue weighted by molar-refractivity contribution is -0.123. The van der Waals surface area contributed by atoms with E-state index in [4.69, 9.17) is 10.5 Å². The summed E-state index contributed by atoms with van der Waals surface area (Å²) in [7, 11) is 0. The van der Waals surface area contributed by atoms with Crippen LogP contribution in [0, 0.1) is 0 Å². The molecule has 0 saturated carbocycles. The van der Waals surface area contributed by atoms with Gasteiger partial charge in [-0.25, -0.2) is 0 Å². The fourth-order valence-electron chi connectivity index (χ4n) is 1.49. The third kappa shape index (κ3) is 5.06. The summed E-state index contributed by atoms with van der Waals surface area (Å²) in [5.74, 6) is 0.539. The fraction of sp³-hybridized carbons (Fsp3) is 0.462. The van der Waals surface area contributed by atoms with Crippen molar-refractivity contribution in [3.05, 3.63) is 28.2 Å². The standard InChI is InChI=1S/C13H19BrN2O2/c1-9(2)16-13(17)8-18-12-4-3-10(5-6-15)7-11(12)14/h3-4,7,9H,5-6,8,15H2,1-2H3,(H,16,17). The Labute approximate surface area is 116 Å². The Hall–Kier alpha value is -1.07. The minimum absolute atomic E-state index is 0.0208. The Morgan fingerprint density at radius 2 is 2.22 bits per heavy atom. The summed E-state index contributed by atoms with van der Waals surface area (Å²) >= 11 is 3.42. The van der Waals surface area contributed by atoms with E-state index in [0.29, 0.717) is 12.3 Å². The maximum atomic E-state index is 11.4. The molecule has 1 aromatic carbocycles. The van der Waals surface area contributed by atoms with E-state index in [2.05, 4.69) is 21.2 Å². The molecular formula is C13H19BrN2O2. The molecule has 3 N–H and O–H groups in total. The van der Waals surface area contributed by atoms with Crippen molar-refractivity contribution in [2.45, 2.75) is 26.3 Å². The van der Waals surface area contributed by atoms with Gasteiger partial charge in [0.25, 0.3) is 5.91 Å². The van der Waals surface area contributed by atoms with Crippen LogP contribution in [-0.4, -0.2) is 25.1 Å². The van der Waals surface area contributed by atoms with Gasteiger partial charge in [-0.1, -0.05) is 6.07 Å². The predicted octanol–water partition coefficient (Wildman–Crippen LogP) is 1.85. The highest BCUT2D eigenvalue weighted by Crippen LogP contribution is 2.26. The van der Waals surface area contributed by atoms with Crippen molar-refractivity contribution < 1.29 is 9.53 Å². The molecule has 4 nitrogen and oxygen atoms in total. The van der Waals surface area contributed by atoms with Crippen molar-refractivity contribution in [2.75, 3.05) is 13.2 Å². The van der Waals surface area contributed by atoms with Crippen LogP contribution in [0.3, 0.4) is 0 Å². The molecule has 18 heavy (non-hydrogen) atoms. The Morgan fingerprint density at radius 1 is 1.50 bits per heavy atom. The summed E-state index contributed by atoms with van der Waals surface area (Å²) in [4.78, 5) is 11.4. The maximum absolute atomic E-state index is 11.4. The summed E-state index contributed by atoms with van der Waals surface area (Å²) in [6.45, 7) is 4.46. The van der Waals surface area contributed by atoms with Crippen molar-refractivity contribution in [1.29, 1.82) is 0 Å². The van der Waals surface area contributed by atoms with E-state index in [9.17, 15) is 4.79 Å². The smallest absolute Gasteiger partial charge is 0.258 e. The average molecular weight is 315 g/mol. The predicted molar refractivity (Wildman–Crippen MR) is 75.7 cm³/mol. The number of ether oxygens (including phenoxy) is 1.